The van der Waals surface area contributed by atoms with Crippen LogP contribution in [-0.4, -0.2) is 42.2 Å². The van der Waals surface area contributed by atoms with Crippen LogP contribution in [-0.2, 0) is 6.42 Å². The third-order valence-corrected chi connectivity index (χ3v) is 3.92. The topological polar surface area (TPSA) is 51.4 Å². The Bertz CT molecular complexity index is 416. The average Bonchev–Trinajstić information content (AvgIpc) is 2.94. The van der Waals surface area contributed by atoms with E-state index >= 15 is 0 Å². The Balaban J connectivity index is 1.91. The standard InChI is InChI=1S/C16H27N3O/c1-3-14(17)12-15-16(7-6-13(2)18-15)20-11-10-19-8-4-5-9-19/h6-7,14H,3-5,8-12,17H2,1-2H3. The summed E-state index contributed by atoms with van der Waals surface area (Å²) in [5, 5.41) is 0. The molecule has 112 valence electrons. The number of likely N-dealkylation sites (tertiary alicyclic amines) is 1. The van der Waals surface area contributed by atoms with E-state index in [0.717, 1.165) is 43.1 Å². The number of aromatic nitrogens is 1. The number of pyridine rings is 1. The maximum absolute atomic E-state index is 6.05. The molecule has 0 aliphatic carbocycles. The van der Waals surface area contributed by atoms with Crippen LogP contribution in [0.3, 0.4) is 0 Å². The molecule has 4 heteroatoms. The van der Waals surface area contributed by atoms with Gasteiger partial charge in [-0.05, 0) is 51.4 Å². The number of hydrogen-bond donors (Lipinski definition) is 1. The number of aryl methyl sites for hydroxylation is 1. The minimum absolute atomic E-state index is 0.158. The van der Waals surface area contributed by atoms with Crippen molar-refractivity contribution < 1.29 is 4.74 Å². The quantitative estimate of drug-likeness (QED) is 0.829. The Morgan fingerprint density at radius 2 is 2.10 bits per heavy atom. The third-order valence-electron chi connectivity index (χ3n) is 3.92. The van der Waals surface area contributed by atoms with Gasteiger partial charge in [-0.15, -0.1) is 0 Å². The van der Waals surface area contributed by atoms with Gasteiger partial charge in [-0.1, -0.05) is 6.92 Å². The van der Waals surface area contributed by atoms with Crippen LogP contribution in [0.4, 0.5) is 0 Å². The van der Waals surface area contributed by atoms with Gasteiger partial charge in [0.15, 0.2) is 0 Å². The first kappa shape index (κ1) is 15.3. The van der Waals surface area contributed by atoms with Crippen molar-refractivity contribution in [1.29, 1.82) is 0 Å². The van der Waals surface area contributed by atoms with E-state index in [1.165, 1.54) is 25.9 Å². The highest BCUT2D eigenvalue weighted by Gasteiger charge is 2.13. The van der Waals surface area contributed by atoms with E-state index in [1.807, 2.05) is 19.1 Å². The molecule has 1 aromatic heterocycles. The predicted molar refractivity (Wildman–Crippen MR) is 82.1 cm³/mol. The molecule has 0 amide bonds. The van der Waals surface area contributed by atoms with Crippen LogP contribution in [0.25, 0.3) is 0 Å². The molecule has 2 rings (SSSR count). The second-order valence-corrected chi connectivity index (χ2v) is 5.67. The van der Waals surface area contributed by atoms with Gasteiger partial charge in [0.05, 0.1) is 5.69 Å². The molecular weight excluding hydrogens is 250 g/mol. The van der Waals surface area contributed by atoms with Crippen LogP contribution in [0.2, 0.25) is 0 Å². The fourth-order valence-corrected chi connectivity index (χ4v) is 2.56. The first-order chi connectivity index (χ1) is 9.69. The van der Waals surface area contributed by atoms with Crippen LogP contribution in [0.15, 0.2) is 12.1 Å². The Hall–Kier alpha value is -1.13. The van der Waals surface area contributed by atoms with E-state index in [-0.39, 0.29) is 6.04 Å². The maximum atomic E-state index is 6.05. The van der Waals surface area contributed by atoms with Crippen LogP contribution in [0, 0.1) is 6.92 Å². The van der Waals surface area contributed by atoms with Gasteiger partial charge in [-0.25, -0.2) is 0 Å². The first-order valence-electron chi connectivity index (χ1n) is 7.76. The van der Waals surface area contributed by atoms with Gasteiger partial charge in [-0.3, -0.25) is 9.88 Å². The number of rotatable bonds is 7. The lowest BCUT2D eigenvalue weighted by Gasteiger charge is -2.17. The third kappa shape index (κ3) is 4.46. The summed E-state index contributed by atoms with van der Waals surface area (Å²) in [4.78, 5) is 7.05. The molecule has 1 unspecified atom stereocenters. The predicted octanol–water partition coefficient (Wildman–Crippen LogP) is 2.14. The molecule has 0 spiro atoms. The molecule has 0 aromatic carbocycles. The molecule has 1 aromatic rings. The molecular formula is C16H27N3O. The summed E-state index contributed by atoms with van der Waals surface area (Å²) in [5.41, 5.74) is 8.07. The van der Waals surface area contributed by atoms with Gasteiger partial charge >= 0.3 is 0 Å². The van der Waals surface area contributed by atoms with E-state index in [4.69, 9.17) is 10.5 Å². The van der Waals surface area contributed by atoms with Crippen molar-refractivity contribution in [2.45, 2.75) is 45.6 Å². The molecule has 4 nitrogen and oxygen atoms in total. The number of ether oxygens (including phenoxy) is 1. The van der Waals surface area contributed by atoms with Crippen molar-refractivity contribution in [2.75, 3.05) is 26.2 Å². The van der Waals surface area contributed by atoms with Gasteiger partial charge in [0, 0.05) is 24.7 Å². The normalized spacial score (nSPS) is 17.4. The minimum Gasteiger partial charge on any atom is -0.490 e. The van der Waals surface area contributed by atoms with Crippen molar-refractivity contribution in [1.82, 2.24) is 9.88 Å². The molecule has 1 aliphatic rings. The Kier molecular flexibility index (Phi) is 5.80. The average molecular weight is 277 g/mol. The highest BCUT2D eigenvalue weighted by molar-refractivity contribution is 5.30. The van der Waals surface area contributed by atoms with E-state index < -0.39 is 0 Å². The van der Waals surface area contributed by atoms with Crippen LogP contribution in [0.1, 0.15) is 37.6 Å². The van der Waals surface area contributed by atoms with Crippen molar-refractivity contribution in [3.05, 3.63) is 23.5 Å². The van der Waals surface area contributed by atoms with Crippen LogP contribution in [0.5, 0.6) is 5.75 Å². The van der Waals surface area contributed by atoms with Gasteiger partial charge in [0.2, 0.25) is 0 Å². The van der Waals surface area contributed by atoms with Crippen molar-refractivity contribution in [3.63, 3.8) is 0 Å². The fraction of sp³-hybridized carbons (Fsp3) is 0.688. The van der Waals surface area contributed by atoms with Crippen molar-refractivity contribution in [3.8, 4) is 5.75 Å². The fourth-order valence-electron chi connectivity index (χ4n) is 2.56. The molecule has 0 bridgehead atoms. The number of hydrogen-bond acceptors (Lipinski definition) is 4. The summed E-state index contributed by atoms with van der Waals surface area (Å²) < 4.78 is 5.94. The molecule has 2 heterocycles. The smallest absolute Gasteiger partial charge is 0.140 e. The zero-order valence-corrected chi connectivity index (χ0v) is 12.8. The summed E-state index contributed by atoms with van der Waals surface area (Å²) in [7, 11) is 0. The summed E-state index contributed by atoms with van der Waals surface area (Å²) in [6.45, 7) is 8.28. The summed E-state index contributed by atoms with van der Waals surface area (Å²) in [5.74, 6) is 0.902. The van der Waals surface area contributed by atoms with Gasteiger partial charge in [-0.2, -0.15) is 0 Å². The monoisotopic (exact) mass is 277 g/mol. The van der Waals surface area contributed by atoms with Crippen LogP contribution < -0.4 is 10.5 Å². The summed E-state index contributed by atoms with van der Waals surface area (Å²) in [6, 6.07) is 4.20. The van der Waals surface area contributed by atoms with E-state index in [0.29, 0.717) is 0 Å². The van der Waals surface area contributed by atoms with Gasteiger partial charge in [0.1, 0.15) is 12.4 Å². The lowest BCUT2D eigenvalue weighted by atomic mass is 10.1. The highest BCUT2D eigenvalue weighted by atomic mass is 16.5. The molecule has 1 atom stereocenters. The molecule has 1 aliphatic heterocycles. The second-order valence-electron chi connectivity index (χ2n) is 5.67. The molecule has 0 saturated carbocycles. The molecule has 0 radical (unpaired) electrons. The SMILES string of the molecule is CCC(N)Cc1nc(C)ccc1OCCN1CCCC1. The maximum Gasteiger partial charge on any atom is 0.140 e. The van der Waals surface area contributed by atoms with Gasteiger partial charge in [0.25, 0.3) is 0 Å². The largest absolute Gasteiger partial charge is 0.490 e. The van der Waals surface area contributed by atoms with Crippen LogP contribution >= 0.6 is 0 Å². The Labute approximate surface area is 122 Å². The number of nitrogens with zero attached hydrogens (tertiary/aromatic N) is 2. The second kappa shape index (κ2) is 7.60. The van der Waals surface area contributed by atoms with Crippen molar-refractivity contribution >= 4 is 0 Å². The Morgan fingerprint density at radius 1 is 1.35 bits per heavy atom. The molecule has 1 saturated heterocycles. The molecule has 2 N–H and O–H groups in total. The van der Waals surface area contributed by atoms with E-state index in [1.54, 1.807) is 0 Å². The highest BCUT2D eigenvalue weighted by Crippen LogP contribution is 2.19. The molecule has 1 fully saturated rings. The van der Waals surface area contributed by atoms with Crippen molar-refractivity contribution in [2.24, 2.45) is 5.73 Å². The van der Waals surface area contributed by atoms with Gasteiger partial charge < -0.3 is 10.5 Å². The summed E-state index contributed by atoms with van der Waals surface area (Å²) >= 11 is 0. The Morgan fingerprint density at radius 3 is 2.80 bits per heavy atom. The number of nitrogens with two attached hydrogens (primary N) is 1. The minimum atomic E-state index is 0.158. The molecule has 20 heavy (non-hydrogen) atoms. The zero-order valence-electron chi connectivity index (χ0n) is 12.8. The lowest BCUT2D eigenvalue weighted by Crippen LogP contribution is -2.26. The zero-order chi connectivity index (χ0) is 14.4. The first-order valence-corrected chi connectivity index (χ1v) is 7.76. The van der Waals surface area contributed by atoms with E-state index in [2.05, 4.69) is 16.8 Å². The lowest BCUT2D eigenvalue weighted by molar-refractivity contribution is 0.235. The van der Waals surface area contributed by atoms with E-state index in [9.17, 15) is 0 Å². The summed E-state index contributed by atoms with van der Waals surface area (Å²) in [6.07, 6.45) is 4.39.